The number of hydrogen-bond donors (Lipinski definition) is 2. The lowest BCUT2D eigenvalue weighted by Crippen LogP contribution is -1.81. The molecule has 0 unspecified atom stereocenters. The third kappa shape index (κ3) is 11.1. The summed E-state index contributed by atoms with van der Waals surface area (Å²) in [6.07, 6.45) is 1.07. The second kappa shape index (κ2) is 2.71. The Labute approximate surface area is 54.3 Å². The van der Waals surface area contributed by atoms with Crippen LogP contribution in [0.25, 0.3) is 0 Å². The van der Waals surface area contributed by atoms with Crippen molar-refractivity contribution >= 4 is 6.16 Å². The third-order valence-electron chi connectivity index (χ3n) is 1.25. The molecular weight excluding hydrogens is 120 g/mol. The highest BCUT2D eigenvalue weighted by molar-refractivity contribution is 5.53. The van der Waals surface area contributed by atoms with E-state index in [1.807, 2.05) is 0 Å². The van der Waals surface area contributed by atoms with Gasteiger partial charge in [0, 0.05) is 0 Å². The van der Waals surface area contributed by atoms with Crippen LogP contribution in [0.4, 0.5) is 4.79 Å². The second-order valence-corrected chi connectivity index (χ2v) is 2.95. The zero-order valence-electron chi connectivity index (χ0n) is 5.72. The summed E-state index contributed by atoms with van der Waals surface area (Å²) in [6, 6.07) is 0. The smallest absolute Gasteiger partial charge is 0.450 e. The van der Waals surface area contributed by atoms with Gasteiger partial charge in [0.2, 0.25) is 0 Å². The minimum Gasteiger partial charge on any atom is -0.450 e. The molecule has 0 atom stereocenters. The summed E-state index contributed by atoms with van der Waals surface area (Å²) in [7, 11) is 0. The lowest BCUT2D eigenvalue weighted by molar-refractivity contribution is 0.137. The standard InChI is InChI=1S/C5H10.CH2O3/c1-5(2)3-4-5;2-1(3)4/h3-4H2,1-2H3;(H2,2,3,4). The van der Waals surface area contributed by atoms with Crippen LogP contribution in [0.15, 0.2) is 0 Å². The Hall–Kier alpha value is -0.730. The van der Waals surface area contributed by atoms with Crippen LogP contribution in [-0.2, 0) is 0 Å². The summed E-state index contributed by atoms with van der Waals surface area (Å²) in [5.41, 5.74) is 0.750. The molecule has 0 saturated heterocycles. The quantitative estimate of drug-likeness (QED) is 0.530. The maximum absolute atomic E-state index is 8.56. The first-order valence-corrected chi connectivity index (χ1v) is 2.86. The molecule has 0 spiro atoms. The van der Waals surface area contributed by atoms with Crippen LogP contribution in [0.1, 0.15) is 26.7 Å². The molecule has 3 nitrogen and oxygen atoms in total. The van der Waals surface area contributed by atoms with Gasteiger partial charge >= 0.3 is 6.16 Å². The van der Waals surface area contributed by atoms with E-state index in [1.165, 1.54) is 12.8 Å². The lowest BCUT2D eigenvalue weighted by atomic mass is 10.2. The Bertz CT molecular complexity index is 96.9. The van der Waals surface area contributed by atoms with Gasteiger partial charge in [0.15, 0.2) is 0 Å². The van der Waals surface area contributed by atoms with Crippen molar-refractivity contribution in [1.82, 2.24) is 0 Å². The largest absolute Gasteiger partial charge is 0.503 e. The van der Waals surface area contributed by atoms with Crippen molar-refractivity contribution in [3.05, 3.63) is 0 Å². The summed E-state index contributed by atoms with van der Waals surface area (Å²) in [4.78, 5) is 8.56. The average Bonchev–Trinajstić information content (AvgIpc) is 2.16. The van der Waals surface area contributed by atoms with Gasteiger partial charge in [-0.05, 0) is 18.3 Å². The molecule has 0 aliphatic heterocycles. The summed E-state index contributed by atoms with van der Waals surface area (Å²) in [5.74, 6) is 0. The minimum atomic E-state index is -1.83. The van der Waals surface area contributed by atoms with Gasteiger partial charge in [-0.15, -0.1) is 0 Å². The van der Waals surface area contributed by atoms with E-state index in [0.29, 0.717) is 0 Å². The van der Waals surface area contributed by atoms with E-state index in [1.54, 1.807) is 0 Å². The molecule has 2 N–H and O–H groups in total. The molecule has 1 aliphatic carbocycles. The number of carboxylic acid groups (broad SMARTS) is 2. The van der Waals surface area contributed by atoms with E-state index in [9.17, 15) is 0 Å². The Kier molecular flexibility index (Phi) is 2.49. The average molecular weight is 132 g/mol. The highest BCUT2D eigenvalue weighted by Crippen LogP contribution is 2.43. The molecule has 0 bridgehead atoms. The summed E-state index contributed by atoms with van der Waals surface area (Å²) >= 11 is 0. The Morgan fingerprint density at radius 3 is 1.44 bits per heavy atom. The van der Waals surface area contributed by atoms with Gasteiger partial charge in [0.05, 0.1) is 0 Å². The van der Waals surface area contributed by atoms with Gasteiger partial charge < -0.3 is 10.2 Å². The van der Waals surface area contributed by atoms with Crippen LogP contribution in [0.3, 0.4) is 0 Å². The van der Waals surface area contributed by atoms with Crippen molar-refractivity contribution in [3.63, 3.8) is 0 Å². The SMILES string of the molecule is CC1(C)CC1.O=C(O)O. The van der Waals surface area contributed by atoms with E-state index >= 15 is 0 Å². The molecule has 0 aromatic heterocycles. The Balaban J connectivity index is 0.000000148. The molecule has 3 heteroatoms. The van der Waals surface area contributed by atoms with E-state index < -0.39 is 6.16 Å². The normalized spacial score (nSPS) is 19.3. The molecule has 9 heavy (non-hydrogen) atoms. The Morgan fingerprint density at radius 1 is 1.33 bits per heavy atom. The Morgan fingerprint density at radius 2 is 1.44 bits per heavy atom. The first-order chi connectivity index (χ1) is 3.94. The first kappa shape index (κ1) is 8.27. The highest BCUT2D eigenvalue weighted by atomic mass is 16.6. The van der Waals surface area contributed by atoms with E-state index in [0.717, 1.165) is 5.41 Å². The summed E-state index contributed by atoms with van der Waals surface area (Å²) in [6.45, 7) is 4.60. The number of rotatable bonds is 0. The molecule has 0 heterocycles. The summed E-state index contributed by atoms with van der Waals surface area (Å²) in [5, 5.41) is 13.9. The van der Waals surface area contributed by atoms with E-state index in [2.05, 4.69) is 13.8 Å². The minimum absolute atomic E-state index is 0.750. The third-order valence-corrected chi connectivity index (χ3v) is 1.25. The van der Waals surface area contributed by atoms with Gasteiger partial charge in [-0.3, -0.25) is 0 Å². The molecule has 54 valence electrons. The first-order valence-electron chi connectivity index (χ1n) is 2.86. The van der Waals surface area contributed by atoms with Crippen molar-refractivity contribution < 1.29 is 15.0 Å². The van der Waals surface area contributed by atoms with Crippen molar-refractivity contribution in [2.45, 2.75) is 26.7 Å². The van der Waals surface area contributed by atoms with Crippen LogP contribution in [-0.4, -0.2) is 16.4 Å². The summed E-state index contributed by atoms with van der Waals surface area (Å²) < 4.78 is 0. The van der Waals surface area contributed by atoms with E-state index in [4.69, 9.17) is 15.0 Å². The molecule has 0 amide bonds. The zero-order chi connectivity index (χ0) is 7.49. The molecule has 1 fully saturated rings. The van der Waals surface area contributed by atoms with Crippen LogP contribution in [0.2, 0.25) is 0 Å². The molecule has 0 aromatic carbocycles. The van der Waals surface area contributed by atoms with Gasteiger partial charge in [-0.2, -0.15) is 0 Å². The van der Waals surface area contributed by atoms with Crippen molar-refractivity contribution in [3.8, 4) is 0 Å². The predicted molar refractivity (Wildman–Crippen MR) is 33.7 cm³/mol. The van der Waals surface area contributed by atoms with Crippen LogP contribution in [0.5, 0.6) is 0 Å². The van der Waals surface area contributed by atoms with Crippen molar-refractivity contribution in [2.75, 3.05) is 0 Å². The van der Waals surface area contributed by atoms with Gasteiger partial charge in [0.25, 0.3) is 0 Å². The van der Waals surface area contributed by atoms with E-state index in [-0.39, 0.29) is 0 Å². The fourth-order valence-electron chi connectivity index (χ4n) is 0.250. The highest BCUT2D eigenvalue weighted by Gasteiger charge is 2.30. The van der Waals surface area contributed by atoms with Gasteiger partial charge in [-0.25, -0.2) is 4.79 Å². The van der Waals surface area contributed by atoms with Crippen LogP contribution in [0, 0.1) is 5.41 Å². The molecule has 1 saturated carbocycles. The molecule has 1 rings (SSSR count). The molecule has 1 aliphatic rings. The fourth-order valence-corrected chi connectivity index (χ4v) is 0.250. The van der Waals surface area contributed by atoms with Gasteiger partial charge in [0.1, 0.15) is 0 Å². The molecule has 0 aromatic rings. The molecular formula is C6H12O3. The second-order valence-electron chi connectivity index (χ2n) is 2.95. The van der Waals surface area contributed by atoms with Crippen molar-refractivity contribution in [1.29, 1.82) is 0 Å². The number of hydrogen-bond acceptors (Lipinski definition) is 1. The van der Waals surface area contributed by atoms with Gasteiger partial charge in [-0.1, -0.05) is 13.8 Å². The fraction of sp³-hybridized carbons (Fsp3) is 0.833. The topological polar surface area (TPSA) is 57.5 Å². The number of carbonyl (C=O) groups is 1. The maximum atomic E-state index is 8.56. The molecule has 0 radical (unpaired) electrons. The monoisotopic (exact) mass is 132 g/mol. The lowest BCUT2D eigenvalue weighted by Gasteiger charge is -1.86. The van der Waals surface area contributed by atoms with Crippen molar-refractivity contribution in [2.24, 2.45) is 5.41 Å². The maximum Gasteiger partial charge on any atom is 0.503 e. The zero-order valence-corrected chi connectivity index (χ0v) is 5.72. The van der Waals surface area contributed by atoms with Crippen LogP contribution < -0.4 is 0 Å². The predicted octanol–water partition coefficient (Wildman–Crippen LogP) is 2.03. The van der Waals surface area contributed by atoms with Crippen LogP contribution >= 0.6 is 0 Å².